The molecule has 9 heteroatoms. The summed E-state index contributed by atoms with van der Waals surface area (Å²) in [4.78, 5) is 10.6. The minimum absolute atomic E-state index is 0.169. The molecule has 0 radical (unpaired) electrons. The zero-order valence-corrected chi connectivity index (χ0v) is 14.5. The van der Waals surface area contributed by atoms with E-state index < -0.39 is 24.3 Å². The van der Waals surface area contributed by atoms with Crippen LogP contribution in [0.25, 0.3) is 0 Å². The topological polar surface area (TPSA) is 80.1 Å². The number of ether oxygens (including phenoxy) is 2. The Hall–Kier alpha value is -3.23. The first kappa shape index (κ1) is 20.1. The standard InChI is InChI=1S/C18H17F3N2O4/c1-11(22-23-14-6-4-3-5-13(14)18(19,20)21)12-7-8-15(16(9-12)26-2)27-10-17(24)25/h3-9,23H,10H2,1-2H3,(H,24,25)/b22-11-. The maximum Gasteiger partial charge on any atom is 0.418 e. The van der Waals surface area contributed by atoms with Gasteiger partial charge in [0.1, 0.15) is 0 Å². The van der Waals surface area contributed by atoms with E-state index in [1.165, 1.54) is 31.4 Å². The summed E-state index contributed by atoms with van der Waals surface area (Å²) < 4.78 is 49.3. The molecule has 2 aromatic carbocycles. The second-order valence-corrected chi connectivity index (χ2v) is 5.40. The number of nitrogens with one attached hydrogen (secondary N) is 1. The molecule has 0 aliphatic carbocycles. The number of carboxylic acids is 1. The molecule has 0 heterocycles. The van der Waals surface area contributed by atoms with E-state index >= 15 is 0 Å². The summed E-state index contributed by atoms with van der Waals surface area (Å²) in [5, 5.41) is 12.7. The normalized spacial score (nSPS) is 11.8. The van der Waals surface area contributed by atoms with Gasteiger partial charge in [0.15, 0.2) is 18.1 Å². The molecule has 0 aromatic heterocycles. The Morgan fingerprint density at radius 2 is 1.89 bits per heavy atom. The van der Waals surface area contributed by atoms with Crippen molar-refractivity contribution in [3.63, 3.8) is 0 Å². The van der Waals surface area contributed by atoms with Crippen LogP contribution in [0.4, 0.5) is 18.9 Å². The summed E-state index contributed by atoms with van der Waals surface area (Å²) in [7, 11) is 1.39. The van der Waals surface area contributed by atoms with Gasteiger partial charge in [-0.05, 0) is 37.3 Å². The van der Waals surface area contributed by atoms with Crippen molar-refractivity contribution in [2.45, 2.75) is 13.1 Å². The molecule has 2 aromatic rings. The van der Waals surface area contributed by atoms with Crippen molar-refractivity contribution >= 4 is 17.4 Å². The van der Waals surface area contributed by atoms with Crippen LogP contribution in [0.2, 0.25) is 0 Å². The first-order chi connectivity index (χ1) is 12.7. The van der Waals surface area contributed by atoms with Gasteiger partial charge in [-0.2, -0.15) is 18.3 Å². The van der Waals surface area contributed by atoms with Gasteiger partial charge in [-0.1, -0.05) is 12.1 Å². The van der Waals surface area contributed by atoms with Crippen LogP contribution in [0.5, 0.6) is 11.5 Å². The molecule has 2 N–H and O–H groups in total. The molecule has 0 aliphatic rings. The highest BCUT2D eigenvalue weighted by molar-refractivity contribution is 5.99. The summed E-state index contributed by atoms with van der Waals surface area (Å²) in [5.74, 6) is -0.628. The molecule has 0 atom stereocenters. The van der Waals surface area contributed by atoms with Gasteiger partial charge < -0.3 is 14.6 Å². The van der Waals surface area contributed by atoms with E-state index in [0.29, 0.717) is 11.3 Å². The second-order valence-electron chi connectivity index (χ2n) is 5.40. The van der Waals surface area contributed by atoms with Crippen LogP contribution in [0.1, 0.15) is 18.1 Å². The van der Waals surface area contributed by atoms with Gasteiger partial charge in [-0.3, -0.25) is 5.43 Å². The van der Waals surface area contributed by atoms with Gasteiger partial charge in [0.25, 0.3) is 0 Å². The average molecular weight is 382 g/mol. The van der Waals surface area contributed by atoms with E-state index in [0.717, 1.165) is 6.07 Å². The van der Waals surface area contributed by atoms with Crippen molar-refractivity contribution in [3.8, 4) is 11.5 Å². The lowest BCUT2D eigenvalue weighted by Gasteiger charge is -2.13. The van der Waals surface area contributed by atoms with Gasteiger partial charge in [0.2, 0.25) is 0 Å². The highest BCUT2D eigenvalue weighted by Gasteiger charge is 2.33. The minimum Gasteiger partial charge on any atom is -0.493 e. The van der Waals surface area contributed by atoms with Crippen molar-refractivity contribution in [1.82, 2.24) is 0 Å². The van der Waals surface area contributed by atoms with Crippen LogP contribution >= 0.6 is 0 Å². The number of methoxy groups -OCH3 is 1. The second kappa shape index (κ2) is 8.43. The average Bonchev–Trinajstić information content (AvgIpc) is 2.63. The van der Waals surface area contributed by atoms with E-state index in [2.05, 4.69) is 10.5 Å². The van der Waals surface area contributed by atoms with Gasteiger partial charge in [0, 0.05) is 5.56 Å². The van der Waals surface area contributed by atoms with Crippen LogP contribution in [-0.4, -0.2) is 30.5 Å². The molecule has 6 nitrogen and oxygen atoms in total. The molecule has 0 saturated heterocycles. The molecule has 0 saturated carbocycles. The largest absolute Gasteiger partial charge is 0.493 e. The lowest BCUT2D eigenvalue weighted by Crippen LogP contribution is -2.11. The third-order valence-electron chi connectivity index (χ3n) is 3.51. The molecule has 0 spiro atoms. The van der Waals surface area contributed by atoms with Gasteiger partial charge in [0.05, 0.1) is 24.1 Å². The monoisotopic (exact) mass is 382 g/mol. The van der Waals surface area contributed by atoms with E-state index in [1.807, 2.05) is 0 Å². The Labute approximate surface area is 153 Å². The third kappa shape index (κ3) is 5.37. The highest BCUT2D eigenvalue weighted by atomic mass is 19.4. The summed E-state index contributed by atoms with van der Waals surface area (Å²) in [5.41, 5.74) is 2.40. The molecule has 0 aliphatic heterocycles. The van der Waals surface area contributed by atoms with E-state index in [-0.39, 0.29) is 17.2 Å². The summed E-state index contributed by atoms with van der Waals surface area (Å²) in [6.45, 7) is 1.08. The van der Waals surface area contributed by atoms with Gasteiger partial charge in [-0.15, -0.1) is 0 Å². The number of para-hydroxylation sites is 1. The third-order valence-corrected chi connectivity index (χ3v) is 3.51. The van der Waals surface area contributed by atoms with Crippen LogP contribution in [0.15, 0.2) is 47.6 Å². The Balaban J connectivity index is 2.23. The van der Waals surface area contributed by atoms with Gasteiger partial charge in [-0.25, -0.2) is 4.79 Å². The highest BCUT2D eigenvalue weighted by Crippen LogP contribution is 2.34. The van der Waals surface area contributed by atoms with Crippen molar-refractivity contribution in [2.75, 3.05) is 19.1 Å². The van der Waals surface area contributed by atoms with Crippen LogP contribution in [0, 0.1) is 0 Å². The lowest BCUT2D eigenvalue weighted by atomic mass is 10.1. The number of aliphatic carboxylic acids is 1. The molecule has 0 bridgehead atoms. The number of carboxylic acid groups (broad SMARTS) is 1. The number of hydrogen-bond donors (Lipinski definition) is 2. The summed E-state index contributed by atoms with van der Waals surface area (Å²) in [6.07, 6.45) is -4.50. The molecule has 144 valence electrons. The Morgan fingerprint density at radius 3 is 2.52 bits per heavy atom. The number of nitrogens with zero attached hydrogens (tertiary/aromatic N) is 1. The summed E-state index contributed by atoms with van der Waals surface area (Å²) in [6, 6.07) is 9.65. The fourth-order valence-corrected chi connectivity index (χ4v) is 2.19. The smallest absolute Gasteiger partial charge is 0.418 e. The number of rotatable bonds is 7. The van der Waals surface area contributed by atoms with E-state index in [9.17, 15) is 18.0 Å². The zero-order valence-electron chi connectivity index (χ0n) is 14.5. The molecular formula is C18H17F3N2O4. The number of alkyl halides is 3. The quantitative estimate of drug-likeness (QED) is 0.559. The maximum atomic E-state index is 13.0. The molecule has 2 rings (SSSR count). The Kier molecular flexibility index (Phi) is 6.27. The SMILES string of the molecule is COc1cc(/C(C)=N\Nc2ccccc2C(F)(F)F)ccc1OCC(=O)O. The predicted molar refractivity (Wildman–Crippen MR) is 93.4 cm³/mol. The molecule has 0 unspecified atom stereocenters. The molecule has 0 amide bonds. The van der Waals surface area contributed by atoms with E-state index in [1.54, 1.807) is 19.1 Å². The van der Waals surface area contributed by atoms with Crippen molar-refractivity contribution in [3.05, 3.63) is 53.6 Å². The lowest BCUT2D eigenvalue weighted by molar-refractivity contribution is -0.139. The van der Waals surface area contributed by atoms with Gasteiger partial charge >= 0.3 is 12.1 Å². The Bertz CT molecular complexity index is 851. The first-order valence-electron chi connectivity index (χ1n) is 7.72. The maximum absolute atomic E-state index is 13.0. The van der Waals surface area contributed by atoms with Crippen LogP contribution in [0.3, 0.4) is 0 Å². The number of hydrazone groups is 1. The first-order valence-corrected chi connectivity index (χ1v) is 7.72. The number of benzene rings is 2. The zero-order chi connectivity index (χ0) is 20.0. The number of halogens is 3. The number of anilines is 1. The van der Waals surface area contributed by atoms with E-state index in [4.69, 9.17) is 14.6 Å². The van der Waals surface area contributed by atoms with Crippen molar-refractivity contribution in [1.29, 1.82) is 0 Å². The van der Waals surface area contributed by atoms with Crippen molar-refractivity contribution < 1.29 is 32.5 Å². The molecule has 0 fully saturated rings. The fraction of sp³-hybridized carbons (Fsp3) is 0.222. The number of carbonyl (C=O) groups is 1. The minimum atomic E-state index is -4.50. The fourth-order valence-electron chi connectivity index (χ4n) is 2.19. The number of hydrogen-bond acceptors (Lipinski definition) is 5. The molecule has 27 heavy (non-hydrogen) atoms. The molecular weight excluding hydrogens is 365 g/mol. The summed E-state index contributed by atoms with van der Waals surface area (Å²) >= 11 is 0. The predicted octanol–water partition coefficient (Wildman–Crippen LogP) is 4.01. The van der Waals surface area contributed by atoms with Crippen LogP contribution in [-0.2, 0) is 11.0 Å². The van der Waals surface area contributed by atoms with Crippen LogP contribution < -0.4 is 14.9 Å². The Morgan fingerprint density at radius 1 is 1.19 bits per heavy atom. The van der Waals surface area contributed by atoms with Crippen molar-refractivity contribution in [2.24, 2.45) is 5.10 Å².